The third-order valence-electron chi connectivity index (χ3n) is 3.08. The van der Waals surface area contributed by atoms with Crippen molar-refractivity contribution in [1.29, 1.82) is 0 Å². The molecule has 0 aromatic carbocycles. The molecule has 0 saturated heterocycles. The number of alkyl halides is 11. The summed E-state index contributed by atoms with van der Waals surface area (Å²) < 4.78 is 131. The zero-order valence-corrected chi connectivity index (χ0v) is 13.6. The summed E-state index contributed by atoms with van der Waals surface area (Å²) in [5, 5.41) is -6.27. The Labute approximate surface area is 141 Å². The van der Waals surface area contributed by atoms with Crippen LogP contribution in [0.25, 0.3) is 0 Å². The predicted octanol–water partition coefficient (Wildman–Crippen LogP) is 5.01. The molecule has 0 aliphatic heterocycles. The molecule has 0 aliphatic rings. The van der Waals surface area contributed by atoms with Crippen molar-refractivity contribution in [3.05, 3.63) is 0 Å². The first-order valence-electron chi connectivity index (χ1n) is 6.80. The molecule has 2 nitrogen and oxygen atoms in total. The number of amides is 1. The number of nitrogens with zero attached hydrogens (tertiary/aromatic N) is 1. The van der Waals surface area contributed by atoms with E-state index >= 15 is 0 Å². The molecule has 0 spiro atoms. The minimum Gasteiger partial charge on any atom is -0.337 e. The summed E-state index contributed by atoms with van der Waals surface area (Å²) in [6.07, 6.45) is -0.0839. The Bertz CT molecular complexity index is 471. The Balaban J connectivity index is 6.06. The van der Waals surface area contributed by atoms with Crippen molar-refractivity contribution < 1.29 is 48.7 Å². The first-order chi connectivity index (χ1) is 10.9. The second-order valence-corrected chi connectivity index (χ2v) is 5.56. The van der Waals surface area contributed by atoms with Crippen LogP contribution in [0, 0.1) is 0 Å². The lowest BCUT2D eigenvalue weighted by molar-refractivity contribution is -0.383. The van der Waals surface area contributed by atoms with Gasteiger partial charge >= 0.3 is 29.1 Å². The average Bonchev–Trinajstić information content (AvgIpc) is 2.44. The largest absolute Gasteiger partial charge is 0.393 e. The number of rotatable bonds is 9. The highest BCUT2D eigenvalue weighted by molar-refractivity contribution is 6.22. The van der Waals surface area contributed by atoms with Gasteiger partial charge in [0.25, 0.3) is 5.91 Å². The maximum Gasteiger partial charge on any atom is 0.393 e. The van der Waals surface area contributed by atoms with Gasteiger partial charge < -0.3 is 4.90 Å². The average molecular weight is 414 g/mol. The Morgan fingerprint density at radius 3 is 1.40 bits per heavy atom. The van der Waals surface area contributed by atoms with Gasteiger partial charge in [0.15, 0.2) is 0 Å². The summed E-state index contributed by atoms with van der Waals surface area (Å²) in [5.41, 5.74) is 0. The van der Waals surface area contributed by atoms with Crippen LogP contribution in [-0.4, -0.2) is 53.0 Å². The van der Waals surface area contributed by atoms with Gasteiger partial charge in [0.05, 0.1) is 0 Å². The fraction of sp³-hybridized carbons (Fsp3) is 0.917. The quantitative estimate of drug-likeness (QED) is 0.384. The van der Waals surface area contributed by atoms with E-state index in [1.165, 1.54) is 13.8 Å². The van der Waals surface area contributed by atoms with E-state index in [0.29, 0.717) is 0 Å². The van der Waals surface area contributed by atoms with Gasteiger partial charge in [-0.15, -0.1) is 0 Å². The van der Waals surface area contributed by atoms with Crippen LogP contribution in [0.2, 0.25) is 0 Å². The van der Waals surface area contributed by atoms with Gasteiger partial charge in [0.2, 0.25) is 0 Å². The van der Waals surface area contributed by atoms with Crippen molar-refractivity contribution in [2.45, 2.75) is 55.8 Å². The smallest absolute Gasteiger partial charge is 0.337 e. The molecule has 0 aromatic rings. The van der Waals surface area contributed by atoms with Crippen molar-refractivity contribution in [2.24, 2.45) is 0 Å². The van der Waals surface area contributed by atoms with Crippen molar-refractivity contribution in [1.82, 2.24) is 4.90 Å². The van der Waals surface area contributed by atoms with E-state index in [9.17, 15) is 48.7 Å². The van der Waals surface area contributed by atoms with E-state index in [4.69, 9.17) is 0 Å². The van der Waals surface area contributed by atoms with Crippen LogP contribution in [0.3, 0.4) is 0 Å². The number of halogens is 11. The van der Waals surface area contributed by atoms with Crippen LogP contribution in [0.5, 0.6) is 0 Å². The summed E-state index contributed by atoms with van der Waals surface area (Å²) in [4.78, 5) is 11.6. The summed E-state index contributed by atoms with van der Waals surface area (Å²) in [5.74, 6) is -30.8. The highest BCUT2D eigenvalue weighted by Gasteiger charge is 2.87. The van der Waals surface area contributed by atoms with Gasteiger partial charge in [0.1, 0.15) is 0 Å². The molecular weight excluding hydrogens is 400 g/mol. The standard InChI is InChI=1S/C12H14ClF10NO/c1-3-5-24(6-4-2)7(25)8(14,15)9(16,17)10(18,19)11(20,21)12(13,22)23/h3-6H2,1-2H3. The fourth-order valence-corrected chi connectivity index (χ4v) is 1.88. The number of carbonyl (C=O) groups excluding carboxylic acids is 1. The monoisotopic (exact) mass is 413 g/mol. The van der Waals surface area contributed by atoms with Crippen LogP contribution in [0.4, 0.5) is 43.9 Å². The Hall–Kier alpha value is -0.940. The van der Waals surface area contributed by atoms with E-state index in [1.807, 2.05) is 0 Å². The summed E-state index contributed by atoms with van der Waals surface area (Å²) >= 11 is 3.67. The molecule has 0 aromatic heterocycles. The van der Waals surface area contributed by atoms with Crippen LogP contribution in [-0.2, 0) is 4.79 Å². The number of carbonyl (C=O) groups is 1. The van der Waals surface area contributed by atoms with E-state index in [1.54, 1.807) is 0 Å². The Kier molecular flexibility index (Phi) is 7.08. The molecule has 0 rings (SSSR count). The molecule has 1 amide bonds. The highest BCUT2D eigenvalue weighted by Crippen LogP contribution is 2.58. The first-order valence-corrected chi connectivity index (χ1v) is 7.18. The van der Waals surface area contributed by atoms with E-state index in [0.717, 1.165) is 0 Å². The number of hydrogen-bond acceptors (Lipinski definition) is 1. The van der Waals surface area contributed by atoms with Gasteiger partial charge in [-0.25, -0.2) is 0 Å². The van der Waals surface area contributed by atoms with Crippen LogP contribution >= 0.6 is 11.6 Å². The first kappa shape index (κ1) is 24.1. The van der Waals surface area contributed by atoms with Gasteiger partial charge in [0, 0.05) is 13.1 Å². The molecule has 0 unspecified atom stereocenters. The van der Waals surface area contributed by atoms with E-state index < -0.39 is 48.1 Å². The van der Waals surface area contributed by atoms with Crippen molar-refractivity contribution in [3.8, 4) is 0 Å². The van der Waals surface area contributed by atoms with Crippen molar-refractivity contribution >= 4 is 17.5 Å². The molecule has 25 heavy (non-hydrogen) atoms. The lowest BCUT2D eigenvalue weighted by Gasteiger charge is -2.38. The second-order valence-electron chi connectivity index (χ2n) is 5.09. The molecule has 0 saturated carbocycles. The third kappa shape index (κ3) is 3.92. The zero-order valence-electron chi connectivity index (χ0n) is 12.8. The minimum absolute atomic E-state index is 0.0420. The van der Waals surface area contributed by atoms with Crippen molar-refractivity contribution in [2.75, 3.05) is 13.1 Å². The van der Waals surface area contributed by atoms with E-state index in [-0.39, 0.29) is 17.7 Å². The molecule has 0 fully saturated rings. The molecule has 0 N–H and O–H groups in total. The molecule has 150 valence electrons. The van der Waals surface area contributed by atoms with Crippen LogP contribution in [0.15, 0.2) is 0 Å². The summed E-state index contributed by atoms with van der Waals surface area (Å²) in [6, 6.07) is 0. The van der Waals surface area contributed by atoms with Crippen LogP contribution in [0.1, 0.15) is 26.7 Å². The lowest BCUT2D eigenvalue weighted by atomic mass is 9.97. The van der Waals surface area contributed by atoms with Crippen LogP contribution < -0.4 is 0 Å². The molecule has 0 bridgehead atoms. The molecule has 13 heteroatoms. The maximum absolute atomic E-state index is 13.7. The van der Waals surface area contributed by atoms with Gasteiger partial charge in [-0.3, -0.25) is 4.79 Å². The Morgan fingerprint density at radius 2 is 1.12 bits per heavy atom. The topological polar surface area (TPSA) is 20.3 Å². The summed E-state index contributed by atoms with van der Waals surface area (Å²) in [6.45, 7) is 1.55. The minimum atomic E-state index is -7.32. The highest BCUT2D eigenvalue weighted by atomic mass is 35.5. The molecular formula is C12H14ClF10NO. The number of hydrogen-bond donors (Lipinski definition) is 0. The third-order valence-corrected chi connectivity index (χ3v) is 3.32. The second kappa shape index (κ2) is 7.36. The fourth-order valence-electron chi connectivity index (χ4n) is 1.76. The van der Waals surface area contributed by atoms with E-state index in [2.05, 4.69) is 11.6 Å². The Morgan fingerprint density at radius 1 is 0.760 bits per heavy atom. The molecule has 0 atom stereocenters. The van der Waals surface area contributed by atoms with Crippen molar-refractivity contribution in [3.63, 3.8) is 0 Å². The summed E-state index contributed by atoms with van der Waals surface area (Å²) in [7, 11) is 0. The maximum atomic E-state index is 13.7. The molecule has 0 heterocycles. The lowest BCUT2D eigenvalue weighted by Crippen LogP contribution is -2.69. The van der Waals surface area contributed by atoms with Gasteiger partial charge in [-0.05, 0) is 24.4 Å². The predicted molar refractivity (Wildman–Crippen MR) is 67.8 cm³/mol. The molecule has 0 radical (unpaired) electrons. The van der Waals surface area contributed by atoms with Gasteiger partial charge in [-0.2, -0.15) is 43.9 Å². The normalized spacial score (nSPS) is 14.6. The molecule has 0 aliphatic carbocycles. The zero-order chi connectivity index (χ0) is 20.5. The van der Waals surface area contributed by atoms with Gasteiger partial charge in [-0.1, -0.05) is 13.8 Å². The SMILES string of the molecule is CCCN(CCC)C(=O)C(F)(F)C(F)(F)C(F)(F)C(F)(F)C(F)(F)Cl.